The molecule has 8 nitrogen and oxygen atoms in total. The van der Waals surface area contributed by atoms with Crippen LogP contribution in [0.3, 0.4) is 0 Å². The summed E-state index contributed by atoms with van der Waals surface area (Å²) in [5, 5.41) is 17.8. The van der Waals surface area contributed by atoms with Crippen LogP contribution in [0.1, 0.15) is 34.0 Å². The van der Waals surface area contributed by atoms with E-state index in [1.54, 1.807) is 60.7 Å². The highest BCUT2D eigenvalue weighted by Crippen LogP contribution is 2.32. The third-order valence-corrected chi connectivity index (χ3v) is 7.13. The third-order valence-electron chi connectivity index (χ3n) is 5.44. The van der Waals surface area contributed by atoms with Crippen LogP contribution in [0.4, 0.5) is 11.4 Å². The molecule has 1 aliphatic heterocycles. The molecule has 0 radical (unpaired) electrons. The molecule has 9 heteroatoms. The maximum absolute atomic E-state index is 13.2. The molecule has 0 fully saturated rings. The molecule has 0 bridgehead atoms. The lowest BCUT2D eigenvalue weighted by molar-refractivity contribution is -0.137. The van der Waals surface area contributed by atoms with Crippen molar-refractivity contribution in [1.29, 1.82) is 0 Å². The van der Waals surface area contributed by atoms with Crippen molar-refractivity contribution in [3.8, 4) is 0 Å². The second-order valence-corrected chi connectivity index (χ2v) is 9.62. The monoisotopic (exact) mass is 490 g/mol. The molecule has 35 heavy (non-hydrogen) atoms. The second kappa shape index (κ2) is 11.5. The van der Waals surface area contributed by atoms with E-state index in [4.69, 9.17) is 0 Å². The summed E-state index contributed by atoms with van der Waals surface area (Å²) in [6.07, 6.45) is 0.764. The van der Waals surface area contributed by atoms with Crippen molar-refractivity contribution in [3.05, 3.63) is 90.0 Å². The Balaban J connectivity index is 1.39. The molecule has 3 aromatic rings. The highest BCUT2D eigenvalue weighted by Gasteiger charge is 2.29. The van der Waals surface area contributed by atoms with E-state index in [0.29, 0.717) is 21.7 Å². The van der Waals surface area contributed by atoms with Crippen molar-refractivity contribution in [3.63, 3.8) is 0 Å². The molecular formula is C26H26N4O4S. The summed E-state index contributed by atoms with van der Waals surface area (Å²) in [6.45, 7) is 1.67. The second-order valence-electron chi connectivity index (χ2n) is 7.99. The molecule has 0 saturated carbocycles. The van der Waals surface area contributed by atoms with Crippen LogP contribution in [0.5, 0.6) is 0 Å². The fourth-order valence-corrected chi connectivity index (χ4v) is 5.07. The molecule has 0 saturated heterocycles. The van der Waals surface area contributed by atoms with Crippen LogP contribution in [0.2, 0.25) is 0 Å². The van der Waals surface area contributed by atoms with Crippen molar-refractivity contribution >= 4 is 40.4 Å². The summed E-state index contributed by atoms with van der Waals surface area (Å²) in [5.41, 5.74) is 2.58. The molecule has 0 aromatic heterocycles. The summed E-state index contributed by atoms with van der Waals surface area (Å²) < 4.78 is 13.2. The van der Waals surface area contributed by atoms with Crippen molar-refractivity contribution < 1.29 is 19.2 Å². The minimum atomic E-state index is -1.57. The maximum Gasteiger partial charge on any atom is 0.308 e. The highest BCUT2D eigenvalue weighted by atomic mass is 32.2. The topological polar surface area (TPSA) is 126 Å². The molecule has 0 aliphatic carbocycles. The van der Waals surface area contributed by atoms with Crippen LogP contribution < -0.4 is 16.0 Å². The lowest BCUT2D eigenvalue weighted by Crippen LogP contribution is -2.35. The van der Waals surface area contributed by atoms with E-state index < -0.39 is 22.4 Å². The number of hydrogen-bond acceptors (Lipinski definition) is 6. The Hall–Kier alpha value is -3.82. The number of hydrogen-bond donors (Lipinski definition) is 4. The van der Waals surface area contributed by atoms with Crippen LogP contribution in [0, 0.1) is 0 Å². The number of rotatable bonds is 8. The first kappa shape index (κ1) is 24.3. The van der Waals surface area contributed by atoms with Crippen molar-refractivity contribution in [2.45, 2.75) is 23.0 Å². The predicted molar refractivity (Wildman–Crippen MR) is 137 cm³/mol. The van der Waals surface area contributed by atoms with Gasteiger partial charge in [-0.3, -0.25) is 14.6 Å². The van der Waals surface area contributed by atoms with Gasteiger partial charge in [0.25, 0.3) is 5.91 Å². The van der Waals surface area contributed by atoms with Gasteiger partial charge in [-0.1, -0.05) is 30.3 Å². The van der Waals surface area contributed by atoms with Gasteiger partial charge in [-0.2, -0.15) is 0 Å². The maximum atomic E-state index is 13.2. The van der Waals surface area contributed by atoms with Crippen LogP contribution in [0.15, 0.2) is 88.8 Å². The number of nitrogens with one attached hydrogen (secondary N) is 3. The normalized spacial score (nSPS) is 14.7. The Labute approximate surface area is 206 Å². The highest BCUT2D eigenvalue weighted by molar-refractivity contribution is 7.91. The van der Waals surface area contributed by atoms with Gasteiger partial charge in [0.15, 0.2) is 16.1 Å². The first-order chi connectivity index (χ1) is 17.0. The van der Waals surface area contributed by atoms with E-state index in [0.717, 1.165) is 31.2 Å². The summed E-state index contributed by atoms with van der Waals surface area (Å²) in [4.78, 5) is 28.9. The largest absolute Gasteiger partial charge is 0.611 e. The lowest BCUT2D eigenvalue weighted by Gasteiger charge is -2.20. The minimum absolute atomic E-state index is 0.247. The standard InChI is InChI=1S/C26H26N4O4S/c31-24(32)17-23(18-5-2-1-3-6-18)35(34)22-13-11-20(12-14-22)29-25(33)19-7-9-21(10-8-19)30-26-27-15-4-16-28-26/h1-3,5-14,23H,4,15-17H2,(H,29,33)(H,31,32)(H2,27,28,30). The number of benzene rings is 3. The van der Waals surface area contributed by atoms with E-state index in [2.05, 4.69) is 20.9 Å². The van der Waals surface area contributed by atoms with Crippen molar-refractivity contribution in [1.82, 2.24) is 5.32 Å². The van der Waals surface area contributed by atoms with E-state index in [1.807, 2.05) is 18.2 Å². The smallest absolute Gasteiger partial charge is 0.308 e. The number of aliphatic imine (C=N–C) groups is 1. The number of nitrogens with zero attached hydrogens (tertiary/aromatic N) is 1. The van der Waals surface area contributed by atoms with Gasteiger partial charge < -0.3 is 25.6 Å². The number of carbonyl (C=O) groups excluding carboxylic acids is 1. The Bertz CT molecular complexity index is 1180. The van der Waals surface area contributed by atoms with Gasteiger partial charge in [0.1, 0.15) is 0 Å². The molecule has 3 aromatic carbocycles. The third kappa shape index (κ3) is 6.62. The molecule has 1 aliphatic rings. The summed E-state index contributed by atoms with van der Waals surface area (Å²) >= 11 is -1.57. The molecule has 1 heterocycles. The SMILES string of the molecule is O=C(O)CC(c1ccccc1)[S+]([O-])c1ccc(NC(=O)c2ccc(NC3=NCCCN3)cc2)cc1. The molecule has 1 amide bonds. The fraction of sp³-hybridized carbons (Fsp3) is 0.192. The number of carbonyl (C=O) groups is 2. The molecule has 180 valence electrons. The molecular weight excluding hydrogens is 464 g/mol. The van der Waals surface area contributed by atoms with Gasteiger partial charge in [-0.15, -0.1) is 0 Å². The summed E-state index contributed by atoms with van der Waals surface area (Å²) in [6, 6.07) is 22.7. The quantitative estimate of drug-likeness (QED) is 0.353. The van der Waals surface area contributed by atoms with Gasteiger partial charge in [-0.25, -0.2) is 0 Å². The lowest BCUT2D eigenvalue weighted by atomic mass is 10.1. The predicted octanol–water partition coefficient (Wildman–Crippen LogP) is 4.02. The Morgan fingerprint density at radius 2 is 1.69 bits per heavy atom. The molecule has 4 N–H and O–H groups in total. The zero-order valence-electron chi connectivity index (χ0n) is 18.9. The zero-order chi connectivity index (χ0) is 24.6. The van der Waals surface area contributed by atoms with Gasteiger partial charge >= 0.3 is 5.97 Å². The van der Waals surface area contributed by atoms with E-state index >= 15 is 0 Å². The van der Waals surface area contributed by atoms with Crippen LogP contribution in [-0.2, 0) is 16.0 Å². The van der Waals surface area contributed by atoms with Crippen LogP contribution >= 0.6 is 0 Å². The van der Waals surface area contributed by atoms with Gasteiger partial charge in [0.05, 0.1) is 6.42 Å². The van der Waals surface area contributed by atoms with Gasteiger partial charge in [-0.05, 0) is 66.1 Å². The van der Waals surface area contributed by atoms with Crippen molar-refractivity contribution in [2.75, 3.05) is 23.7 Å². The van der Waals surface area contributed by atoms with Gasteiger partial charge in [0.2, 0.25) is 0 Å². The minimum Gasteiger partial charge on any atom is -0.611 e. The number of carboxylic acids is 1. The van der Waals surface area contributed by atoms with E-state index in [1.165, 1.54) is 0 Å². The average Bonchev–Trinajstić information content (AvgIpc) is 2.89. The Morgan fingerprint density at radius 1 is 1.00 bits per heavy atom. The van der Waals surface area contributed by atoms with E-state index in [-0.39, 0.29) is 12.3 Å². The Kier molecular flexibility index (Phi) is 8.02. The van der Waals surface area contributed by atoms with Crippen LogP contribution in [-0.4, -0.2) is 40.6 Å². The van der Waals surface area contributed by atoms with Crippen LogP contribution in [0.25, 0.3) is 0 Å². The molecule has 2 unspecified atom stereocenters. The number of amides is 1. The number of aliphatic carboxylic acids is 1. The molecule has 4 rings (SSSR count). The zero-order valence-corrected chi connectivity index (χ0v) is 19.8. The first-order valence-electron chi connectivity index (χ1n) is 11.2. The molecule has 2 atom stereocenters. The first-order valence-corrected chi connectivity index (χ1v) is 12.4. The number of guanidine groups is 1. The molecule has 0 spiro atoms. The number of anilines is 2. The summed E-state index contributed by atoms with van der Waals surface area (Å²) in [5.74, 6) is -0.560. The average molecular weight is 491 g/mol. The van der Waals surface area contributed by atoms with Gasteiger partial charge in [0, 0.05) is 35.6 Å². The fourth-order valence-electron chi connectivity index (χ4n) is 3.64. The van der Waals surface area contributed by atoms with E-state index in [9.17, 15) is 19.2 Å². The summed E-state index contributed by atoms with van der Waals surface area (Å²) in [7, 11) is 0. The van der Waals surface area contributed by atoms with Crippen molar-refractivity contribution in [2.24, 2.45) is 4.99 Å². The Morgan fingerprint density at radius 3 is 2.31 bits per heavy atom. The number of carboxylic acid groups (broad SMARTS) is 1.